The average molecular weight is 218 g/mol. The molecule has 0 saturated heterocycles. The van der Waals surface area contributed by atoms with Gasteiger partial charge in [0.25, 0.3) is 0 Å². The van der Waals surface area contributed by atoms with Gasteiger partial charge in [-0.25, -0.2) is 0 Å². The molecule has 2 heteroatoms. The summed E-state index contributed by atoms with van der Waals surface area (Å²) in [6, 6.07) is 6.15. The van der Waals surface area contributed by atoms with E-state index >= 15 is 0 Å². The van der Waals surface area contributed by atoms with Gasteiger partial charge in [0.05, 0.1) is 5.60 Å². The van der Waals surface area contributed by atoms with Crippen LogP contribution in [-0.4, -0.2) is 10.7 Å². The number of para-hydroxylation sites is 1. The van der Waals surface area contributed by atoms with E-state index in [-0.39, 0.29) is 5.60 Å². The molecule has 2 nitrogen and oxygen atoms in total. The highest BCUT2D eigenvalue weighted by Gasteiger charge is 2.45. The molecule has 0 bridgehead atoms. The number of aliphatic hydroxyl groups is 1. The largest absolute Gasteiger partial charge is 0.487 e. The third-order valence-electron chi connectivity index (χ3n) is 3.70. The molecule has 3 rings (SSSR count). The van der Waals surface area contributed by atoms with Crippen LogP contribution in [0.15, 0.2) is 18.2 Å². The van der Waals surface area contributed by atoms with Gasteiger partial charge in [0.15, 0.2) is 0 Å². The molecule has 86 valence electrons. The monoisotopic (exact) mass is 218 g/mol. The Balaban J connectivity index is 2.08. The van der Waals surface area contributed by atoms with Crippen LogP contribution in [-0.2, 0) is 12.0 Å². The summed E-state index contributed by atoms with van der Waals surface area (Å²) in [5.41, 5.74) is 1.54. The Labute approximate surface area is 96.2 Å². The summed E-state index contributed by atoms with van der Waals surface area (Å²) in [6.07, 6.45) is 3.83. The summed E-state index contributed by atoms with van der Waals surface area (Å²) >= 11 is 0. The summed E-state index contributed by atoms with van der Waals surface area (Å²) in [6.45, 7) is 4.23. The van der Waals surface area contributed by atoms with Crippen molar-refractivity contribution in [1.82, 2.24) is 0 Å². The number of rotatable bonds is 1. The Hall–Kier alpha value is -1.02. The standard InChI is InChI=1S/C14H18O2/c1-13(2)7-6-10-4-3-5-11(12(10)16-13)14(15)8-9-14/h3-5,15H,6-9H2,1-2H3. The second-order valence-electron chi connectivity index (χ2n) is 5.69. The van der Waals surface area contributed by atoms with Gasteiger partial charge < -0.3 is 9.84 Å². The first-order chi connectivity index (χ1) is 7.50. The maximum atomic E-state index is 10.2. The maximum absolute atomic E-state index is 10.2. The van der Waals surface area contributed by atoms with Crippen LogP contribution < -0.4 is 4.74 Å². The van der Waals surface area contributed by atoms with Gasteiger partial charge in [-0.05, 0) is 45.1 Å². The van der Waals surface area contributed by atoms with E-state index in [2.05, 4.69) is 19.9 Å². The molecule has 1 aliphatic heterocycles. The minimum atomic E-state index is -0.598. The molecule has 1 fully saturated rings. The van der Waals surface area contributed by atoms with Crippen molar-refractivity contribution >= 4 is 0 Å². The fourth-order valence-electron chi connectivity index (χ4n) is 2.42. The fraction of sp³-hybridized carbons (Fsp3) is 0.571. The van der Waals surface area contributed by atoms with E-state index in [4.69, 9.17) is 4.74 Å². The minimum Gasteiger partial charge on any atom is -0.487 e. The van der Waals surface area contributed by atoms with Gasteiger partial charge in [-0.3, -0.25) is 0 Å². The molecule has 1 heterocycles. The quantitative estimate of drug-likeness (QED) is 0.785. The molecule has 0 radical (unpaired) electrons. The third-order valence-corrected chi connectivity index (χ3v) is 3.70. The van der Waals surface area contributed by atoms with E-state index in [9.17, 15) is 5.11 Å². The Morgan fingerprint density at radius 2 is 1.94 bits per heavy atom. The zero-order valence-corrected chi connectivity index (χ0v) is 9.92. The predicted octanol–water partition coefficient (Wildman–Crippen LogP) is 2.77. The van der Waals surface area contributed by atoms with E-state index in [1.807, 2.05) is 12.1 Å². The molecule has 0 atom stereocenters. The van der Waals surface area contributed by atoms with E-state index < -0.39 is 5.60 Å². The van der Waals surface area contributed by atoms with Crippen LogP contribution in [0, 0.1) is 0 Å². The molecule has 0 aromatic heterocycles. The second-order valence-corrected chi connectivity index (χ2v) is 5.69. The molecule has 1 saturated carbocycles. The van der Waals surface area contributed by atoms with Crippen molar-refractivity contribution in [3.8, 4) is 5.75 Å². The third kappa shape index (κ3) is 1.52. The fourth-order valence-corrected chi connectivity index (χ4v) is 2.42. The molecule has 1 aliphatic carbocycles. The van der Waals surface area contributed by atoms with Crippen molar-refractivity contribution in [2.75, 3.05) is 0 Å². The summed E-state index contributed by atoms with van der Waals surface area (Å²) in [7, 11) is 0. The lowest BCUT2D eigenvalue weighted by atomic mass is 9.91. The van der Waals surface area contributed by atoms with Gasteiger partial charge in [0, 0.05) is 5.56 Å². The normalized spacial score (nSPS) is 24.4. The number of ether oxygens (including phenoxy) is 1. The molecule has 0 amide bonds. The average Bonchev–Trinajstić information content (AvgIpc) is 2.95. The first kappa shape index (κ1) is 10.2. The van der Waals surface area contributed by atoms with Crippen molar-refractivity contribution in [2.24, 2.45) is 0 Å². The van der Waals surface area contributed by atoms with Crippen LogP contribution in [0.2, 0.25) is 0 Å². The Morgan fingerprint density at radius 1 is 1.19 bits per heavy atom. The Morgan fingerprint density at radius 3 is 2.62 bits per heavy atom. The topological polar surface area (TPSA) is 29.5 Å². The molecule has 16 heavy (non-hydrogen) atoms. The highest BCUT2D eigenvalue weighted by molar-refractivity contribution is 5.48. The highest BCUT2D eigenvalue weighted by atomic mass is 16.5. The summed E-state index contributed by atoms with van der Waals surface area (Å²) in [4.78, 5) is 0. The summed E-state index contributed by atoms with van der Waals surface area (Å²) in [5.74, 6) is 0.943. The van der Waals surface area contributed by atoms with Gasteiger partial charge in [0.1, 0.15) is 11.4 Å². The molecule has 1 N–H and O–H groups in total. The van der Waals surface area contributed by atoms with Gasteiger partial charge >= 0.3 is 0 Å². The van der Waals surface area contributed by atoms with Crippen LogP contribution in [0.5, 0.6) is 5.75 Å². The number of fused-ring (bicyclic) bond motifs is 1. The summed E-state index contributed by atoms with van der Waals surface area (Å²) < 4.78 is 6.06. The minimum absolute atomic E-state index is 0.103. The molecular formula is C14H18O2. The lowest BCUT2D eigenvalue weighted by Crippen LogP contribution is -2.33. The van der Waals surface area contributed by atoms with Gasteiger partial charge in [-0.15, -0.1) is 0 Å². The van der Waals surface area contributed by atoms with Crippen molar-refractivity contribution < 1.29 is 9.84 Å². The Kier molecular flexibility index (Phi) is 1.91. The first-order valence-electron chi connectivity index (χ1n) is 6.04. The lowest BCUT2D eigenvalue weighted by molar-refractivity contribution is 0.0739. The molecule has 1 aromatic rings. The highest BCUT2D eigenvalue weighted by Crippen LogP contribution is 2.51. The zero-order valence-electron chi connectivity index (χ0n) is 9.92. The van der Waals surface area contributed by atoms with E-state index in [0.29, 0.717) is 0 Å². The van der Waals surface area contributed by atoms with Crippen LogP contribution in [0.3, 0.4) is 0 Å². The Bertz CT molecular complexity index is 430. The van der Waals surface area contributed by atoms with Crippen LogP contribution in [0.1, 0.15) is 44.2 Å². The lowest BCUT2D eigenvalue weighted by Gasteiger charge is -2.34. The van der Waals surface area contributed by atoms with Crippen LogP contribution in [0.4, 0.5) is 0 Å². The number of aryl methyl sites for hydroxylation is 1. The molecule has 0 spiro atoms. The second kappa shape index (κ2) is 3.01. The van der Waals surface area contributed by atoms with Gasteiger partial charge in [-0.1, -0.05) is 18.2 Å². The molecular weight excluding hydrogens is 200 g/mol. The SMILES string of the molecule is CC1(C)CCc2cccc(C3(O)CC3)c2O1. The molecule has 1 aromatic carbocycles. The number of benzene rings is 1. The van der Waals surface area contributed by atoms with E-state index in [1.165, 1.54) is 5.56 Å². The van der Waals surface area contributed by atoms with E-state index in [0.717, 1.165) is 37.0 Å². The number of hydrogen-bond donors (Lipinski definition) is 1. The van der Waals surface area contributed by atoms with Gasteiger partial charge in [0.2, 0.25) is 0 Å². The predicted molar refractivity (Wildman–Crippen MR) is 62.6 cm³/mol. The van der Waals surface area contributed by atoms with Gasteiger partial charge in [-0.2, -0.15) is 0 Å². The van der Waals surface area contributed by atoms with E-state index in [1.54, 1.807) is 0 Å². The first-order valence-corrected chi connectivity index (χ1v) is 6.04. The van der Waals surface area contributed by atoms with Crippen molar-refractivity contribution in [1.29, 1.82) is 0 Å². The zero-order chi connectivity index (χ0) is 11.4. The van der Waals surface area contributed by atoms with Crippen LogP contribution in [0.25, 0.3) is 0 Å². The van der Waals surface area contributed by atoms with Crippen molar-refractivity contribution in [2.45, 2.75) is 50.7 Å². The molecule has 2 aliphatic rings. The summed E-state index contributed by atoms with van der Waals surface area (Å²) in [5, 5.41) is 10.2. The maximum Gasteiger partial charge on any atom is 0.129 e. The molecule has 0 unspecified atom stereocenters. The van der Waals surface area contributed by atoms with Crippen molar-refractivity contribution in [3.63, 3.8) is 0 Å². The van der Waals surface area contributed by atoms with Crippen LogP contribution >= 0.6 is 0 Å². The number of hydrogen-bond acceptors (Lipinski definition) is 2. The smallest absolute Gasteiger partial charge is 0.129 e. The van der Waals surface area contributed by atoms with Crippen molar-refractivity contribution in [3.05, 3.63) is 29.3 Å².